The number of aromatic nitrogens is 2. The van der Waals surface area contributed by atoms with Crippen LogP contribution in [-0.4, -0.2) is 40.8 Å². The highest BCUT2D eigenvalue weighted by atomic mass is 79.9. The fourth-order valence-corrected chi connectivity index (χ4v) is 3.03. The second kappa shape index (κ2) is 7.78. The highest BCUT2D eigenvalue weighted by Gasteiger charge is 2.25. The third-order valence-electron chi connectivity index (χ3n) is 3.62. The highest BCUT2D eigenvalue weighted by Crippen LogP contribution is 2.31. The van der Waals surface area contributed by atoms with E-state index < -0.39 is 0 Å². The van der Waals surface area contributed by atoms with Crippen molar-refractivity contribution < 1.29 is 5.11 Å². The van der Waals surface area contributed by atoms with Gasteiger partial charge in [-0.3, -0.25) is 0 Å². The number of hydrogen-bond acceptors (Lipinski definition) is 5. The van der Waals surface area contributed by atoms with Gasteiger partial charge in [0.15, 0.2) is 0 Å². The quantitative estimate of drug-likeness (QED) is 0.832. The van der Waals surface area contributed by atoms with E-state index in [1.54, 1.807) is 0 Å². The predicted octanol–water partition coefficient (Wildman–Crippen LogP) is 2.80. The Labute approximate surface area is 128 Å². The van der Waals surface area contributed by atoms with Crippen molar-refractivity contribution in [3.63, 3.8) is 0 Å². The van der Waals surface area contributed by atoms with Gasteiger partial charge in [0, 0.05) is 31.9 Å². The molecule has 0 saturated carbocycles. The van der Waals surface area contributed by atoms with Gasteiger partial charge in [0.2, 0.25) is 5.95 Å². The Morgan fingerprint density at radius 2 is 2.35 bits per heavy atom. The molecule has 1 atom stereocenters. The van der Waals surface area contributed by atoms with Crippen molar-refractivity contribution in [1.29, 1.82) is 0 Å². The van der Waals surface area contributed by atoms with Gasteiger partial charge in [0.1, 0.15) is 5.82 Å². The standard InChI is InChI=1S/C14H23BrN4O/c1-2-7-16-14-17-10-12(15)13(18-14)19-8-4-3-5-11(19)6-9-20/h10-11,20H,2-9H2,1H3,(H,16,17,18). The van der Waals surface area contributed by atoms with Gasteiger partial charge in [-0.15, -0.1) is 0 Å². The summed E-state index contributed by atoms with van der Waals surface area (Å²) in [5.74, 6) is 1.62. The number of nitrogens with zero attached hydrogens (tertiary/aromatic N) is 3. The van der Waals surface area contributed by atoms with Crippen molar-refractivity contribution in [2.75, 3.05) is 29.9 Å². The van der Waals surface area contributed by atoms with Gasteiger partial charge in [-0.05, 0) is 48.0 Å². The maximum atomic E-state index is 9.24. The maximum absolute atomic E-state index is 9.24. The van der Waals surface area contributed by atoms with E-state index in [-0.39, 0.29) is 6.61 Å². The Kier molecular flexibility index (Phi) is 6.04. The molecule has 112 valence electrons. The van der Waals surface area contributed by atoms with Crippen LogP contribution in [0.5, 0.6) is 0 Å². The van der Waals surface area contributed by atoms with E-state index in [4.69, 9.17) is 0 Å². The molecule has 1 unspecified atom stereocenters. The molecule has 2 heterocycles. The van der Waals surface area contributed by atoms with Crippen molar-refractivity contribution in [2.24, 2.45) is 0 Å². The average molecular weight is 343 g/mol. The Balaban J connectivity index is 2.19. The van der Waals surface area contributed by atoms with E-state index in [0.29, 0.717) is 12.0 Å². The van der Waals surface area contributed by atoms with E-state index in [1.807, 2.05) is 6.20 Å². The normalized spacial score (nSPS) is 19.1. The zero-order valence-electron chi connectivity index (χ0n) is 12.0. The van der Waals surface area contributed by atoms with Crippen LogP contribution >= 0.6 is 15.9 Å². The summed E-state index contributed by atoms with van der Waals surface area (Å²) >= 11 is 3.56. The monoisotopic (exact) mass is 342 g/mol. The fourth-order valence-electron chi connectivity index (χ4n) is 2.61. The molecule has 0 aromatic carbocycles. The third kappa shape index (κ3) is 3.82. The molecule has 1 aromatic heterocycles. The molecule has 2 rings (SSSR count). The first-order chi connectivity index (χ1) is 9.76. The van der Waals surface area contributed by atoms with E-state index in [2.05, 4.69) is 43.0 Å². The summed E-state index contributed by atoms with van der Waals surface area (Å²) in [6, 6.07) is 0.374. The number of piperidine rings is 1. The molecule has 20 heavy (non-hydrogen) atoms. The Bertz CT molecular complexity index is 428. The molecule has 1 fully saturated rings. The lowest BCUT2D eigenvalue weighted by atomic mass is 10.00. The number of aliphatic hydroxyl groups is 1. The van der Waals surface area contributed by atoms with Gasteiger partial charge in [-0.1, -0.05) is 6.92 Å². The van der Waals surface area contributed by atoms with Crippen LogP contribution in [0.4, 0.5) is 11.8 Å². The topological polar surface area (TPSA) is 61.3 Å². The van der Waals surface area contributed by atoms with Crippen LogP contribution < -0.4 is 10.2 Å². The summed E-state index contributed by atoms with van der Waals surface area (Å²) in [5.41, 5.74) is 0. The van der Waals surface area contributed by atoms with Crippen molar-refractivity contribution in [3.05, 3.63) is 10.7 Å². The minimum atomic E-state index is 0.227. The van der Waals surface area contributed by atoms with Gasteiger partial charge in [-0.2, -0.15) is 4.98 Å². The largest absolute Gasteiger partial charge is 0.396 e. The van der Waals surface area contributed by atoms with E-state index in [0.717, 1.165) is 42.6 Å². The first-order valence-electron chi connectivity index (χ1n) is 7.40. The number of anilines is 2. The van der Waals surface area contributed by atoms with Crippen LogP contribution in [0, 0.1) is 0 Å². The van der Waals surface area contributed by atoms with E-state index in [9.17, 15) is 5.11 Å². The summed E-state index contributed by atoms with van der Waals surface area (Å²) < 4.78 is 0.921. The van der Waals surface area contributed by atoms with Crippen LogP contribution in [0.25, 0.3) is 0 Å². The SMILES string of the molecule is CCCNc1ncc(Br)c(N2CCCCC2CCO)n1. The lowest BCUT2D eigenvalue weighted by Gasteiger charge is -2.37. The van der Waals surface area contributed by atoms with Crippen LogP contribution in [0.3, 0.4) is 0 Å². The summed E-state index contributed by atoms with van der Waals surface area (Å²) in [4.78, 5) is 11.2. The van der Waals surface area contributed by atoms with Crippen LogP contribution in [0.15, 0.2) is 10.7 Å². The Hall–Kier alpha value is -0.880. The van der Waals surface area contributed by atoms with Gasteiger partial charge < -0.3 is 15.3 Å². The minimum absolute atomic E-state index is 0.227. The van der Waals surface area contributed by atoms with E-state index in [1.165, 1.54) is 12.8 Å². The van der Waals surface area contributed by atoms with Crippen molar-refractivity contribution in [2.45, 2.75) is 45.1 Å². The number of nitrogens with one attached hydrogen (secondary N) is 1. The number of rotatable bonds is 6. The first kappa shape index (κ1) is 15.5. The number of halogens is 1. The fraction of sp³-hybridized carbons (Fsp3) is 0.714. The molecule has 1 aliphatic rings. The predicted molar refractivity (Wildman–Crippen MR) is 85.2 cm³/mol. The molecule has 1 saturated heterocycles. The summed E-state index contributed by atoms with van der Waals surface area (Å²) in [5, 5.41) is 12.5. The molecule has 6 heteroatoms. The molecule has 0 amide bonds. The minimum Gasteiger partial charge on any atom is -0.396 e. The molecular formula is C14H23BrN4O. The molecule has 0 spiro atoms. The smallest absolute Gasteiger partial charge is 0.224 e. The van der Waals surface area contributed by atoms with Gasteiger partial charge in [-0.25, -0.2) is 4.98 Å². The second-order valence-corrected chi connectivity index (χ2v) is 6.00. The molecule has 0 aliphatic carbocycles. The molecule has 1 aliphatic heterocycles. The second-order valence-electron chi connectivity index (χ2n) is 5.15. The van der Waals surface area contributed by atoms with Crippen LogP contribution in [0.1, 0.15) is 39.0 Å². The zero-order valence-corrected chi connectivity index (χ0v) is 13.6. The van der Waals surface area contributed by atoms with Crippen LogP contribution in [-0.2, 0) is 0 Å². The number of hydrogen-bond donors (Lipinski definition) is 2. The van der Waals surface area contributed by atoms with Crippen molar-refractivity contribution in [3.8, 4) is 0 Å². The molecule has 1 aromatic rings. The Morgan fingerprint density at radius 1 is 1.50 bits per heavy atom. The van der Waals surface area contributed by atoms with Crippen molar-refractivity contribution in [1.82, 2.24) is 9.97 Å². The summed E-state index contributed by atoms with van der Waals surface area (Å²) in [6.07, 6.45) is 7.18. The third-order valence-corrected chi connectivity index (χ3v) is 4.18. The molecule has 0 bridgehead atoms. The van der Waals surface area contributed by atoms with Crippen molar-refractivity contribution >= 4 is 27.7 Å². The van der Waals surface area contributed by atoms with Gasteiger partial charge in [0.25, 0.3) is 0 Å². The van der Waals surface area contributed by atoms with E-state index >= 15 is 0 Å². The molecular weight excluding hydrogens is 320 g/mol. The molecule has 0 radical (unpaired) electrons. The molecule has 2 N–H and O–H groups in total. The Morgan fingerprint density at radius 3 is 3.10 bits per heavy atom. The molecule has 5 nitrogen and oxygen atoms in total. The maximum Gasteiger partial charge on any atom is 0.224 e. The average Bonchev–Trinajstić information content (AvgIpc) is 2.47. The lowest BCUT2D eigenvalue weighted by molar-refractivity contribution is 0.262. The summed E-state index contributed by atoms with van der Waals surface area (Å²) in [6.45, 7) is 4.22. The highest BCUT2D eigenvalue weighted by molar-refractivity contribution is 9.10. The van der Waals surface area contributed by atoms with Crippen LogP contribution in [0.2, 0.25) is 0 Å². The first-order valence-corrected chi connectivity index (χ1v) is 8.19. The lowest BCUT2D eigenvalue weighted by Crippen LogP contribution is -2.41. The zero-order chi connectivity index (χ0) is 14.4. The van der Waals surface area contributed by atoms with Gasteiger partial charge >= 0.3 is 0 Å². The van der Waals surface area contributed by atoms with Gasteiger partial charge in [0.05, 0.1) is 4.47 Å². The summed E-state index contributed by atoms with van der Waals surface area (Å²) in [7, 11) is 0. The number of aliphatic hydroxyl groups excluding tert-OH is 1.